The van der Waals surface area contributed by atoms with Crippen molar-refractivity contribution in [2.45, 2.75) is 48.9 Å². The predicted molar refractivity (Wildman–Crippen MR) is 78.9 cm³/mol. The Bertz CT molecular complexity index is 411. The van der Waals surface area contributed by atoms with E-state index in [2.05, 4.69) is 4.74 Å². The Morgan fingerprint density at radius 2 is 1.95 bits per heavy atom. The van der Waals surface area contributed by atoms with E-state index >= 15 is 0 Å². The molecule has 0 bridgehead atoms. The van der Waals surface area contributed by atoms with Gasteiger partial charge in [0.15, 0.2) is 11.3 Å². The quantitative estimate of drug-likeness (QED) is 0.417. The number of rotatable bonds is 8. The predicted octanol–water partition coefficient (Wildman–Crippen LogP) is -0.0962. The molecule has 0 aromatic carbocycles. The van der Waals surface area contributed by atoms with Crippen molar-refractivity contribution in [3.8, 4) is 0 Å². The first-order valence-electron chi connectivity index (χ1n) is 6.82. The lowest BCUT2D eigenvalue weighted by atomic mass is 9.91. The van der Waals surface area contributed by atoms with Gasteiger partial charge in [0.25, 0.3) is 0 Å². The van der Waals surface area contributed by atoms with Gasteiger partial charge < -0.3 is 21.3 Å². The second-order valence-corrected chi connectivity index (χ2v) is 6.54. The fourth-order valence-electron chi connectivity index (χ4n) is 2.33. The fourth-order valence-corrected chi connectivity index (χ4v) is 3.75. The number of aliphatic carboxylic acids is 1. The van der Waals surface area contributed by atoms with Crippen LogP contribution in [0.15, 0.2) is 0 Å². The summed E-state index contributed by atoms with van der Waals surface area (Å²) in [6.07, 6.45) is 3.73. The van der Waals surface area contributed by atoms with Crippen molar-refractivity contribution in [2.75, 3.05) is 12.9 Å². The van der Waals surface area contributed by atoms with Crippen LogP contribution in [0.4, 0.5) is 0 Å². The van der Waals surface area contributed by atoms with Crippen molar-refractivity contribution in [3.05, 3.63) is 0 Å². The number of carbonyl (C=O) groups excluding carboxylic acids is 2. The van der Waals surface area contributed by atoms with Gasteiger partial charge in [-0.1, -0.05) is 12.8 Å². The zero-order valence-electron chi connectivity index (χ0n) is 12.0. The van der Waals surface area contributed by atoms with E-state index in [1.54, 1.807) is 0 Å². The monoisotopic (exact) mass is 318 g/mol. The van der Waals surface area contributed by atoms with Crippen LogP contribution in [0.25, 0.3) is 0 Å². The van der Waals surface area contributed by atoms with E-state index in [-0.39, 0.29) is 5.75 Å². The Hall–Kier alpha value is -1.12. The molecule has 0 aromatic heterocycles. The van der Waals surface area contributed by atoms with Crippen LogP contribution in [-0.4, -0.2) is 52.5 Å². The summed E-state index contributed by atoms with van der Waals surface area (Å²) in [4.78, 5) is 34.8. The lowest BCUT2D eigenvalue weighted by Gasteiger charge is -2.28. The number of carbonyl (C=O) groups is 3. The van der Waals surface area contributed by atoms with Crippen LogP contribution in [0.5, 0.6) is 0 Å². The molecule has 0 aromatic rings. The third-order valence-electron chi connectivity index (χ3n) is 3.57. The summed E-state index contributed by atoms with van der Waals surface area (Å²) < 4.78 is 4.61. The molecule has 1 saturated carbocycles. The Morgan fingerprint density at radius 1 is 1.38 bits per heavy atom. The van der Waals surface area contributed by atoms with Crippen molar-refractivity contribution in [1.29, 1.82) is 0 Å². The van der Waals surface area contributed by atoms with Gasteiger partial charge in [-0.2, -0.15) is 11.8 Å². The normalized spacial score (nSPS) is 19.8. The average Bonchev–Trinajstić information content (AvgIpc) is 2.95. The third-order valence-corrected chi connectivity index (χ3v) is 5.13. The van der Waals surface area contributed by atoms with Gasteiger partial charge in [0.2, 0.25) is 0 Å². The third kappa shape index (κ3) is 4.69. The molecule has 8 heteroatoms. The number of Topliss-reactive ketones (excluding diaryl/α,β-unsaturated/α-hetero) is 1. The highest BCUT2D eigenvalue weighted by Crippen LogP contribution is 2.31. The van der Waals surface area contributed by atoms with E-state index in [9.17, 15) is 14.4 Å². The van der Waals surface area contributed by atoms with E-state index in [0.29, 0.717) is 5.25 Å². The van der Waals surface area contributed by atoms with Gasteiger partial charge in [0, 0.05) is 11.0 Å². The van der Waals surface area contributed by atoms with Crippen LogP contribution in [-0.2, 0) is 19.1 Å². The Kier molecular flexibility index (Phi) is 6.63. The minimum Gasteiger partial charge on any atom is -0.481 e. The van der Waals surface area contributed by atoms with Crippen LogP contribution in [0.2, 0.25) is 0 Å². The summed E-state index contributed by atoms with van der Waals surface area (Å²) in [7, 11) is 1.14. The number of ketones is 1. The summed E-state index contributed by atoms with van der Waals surface area (Å²) >= 11 is 1.45. The SMILES string of the molecule is COC(=O)[C@@](N)(CSC1CCCC1)C(=O)[C@@H](N)CC(=O)O. The van der Waals surface area contributed by atoms with Crippen LogP contribution in [0.3, 0.4) is 0 Å². The zero-order valence-corrected chi connectivity index (χ0v) is 12.9. The Labute approximate surface area is 127 Å². The van der Waals surface area contributed by atoms with Crippen molar-refractivity contribution in [1.82, 2.24) is 0 Å². The lowest BCUT2D eigenvalue weighted by Crippen LogP contribution is -2.62. The highest BCUT2D eigenvalue weighted by Gasteiger charge is 2.46. The number of hydrogen-bond acceptors (Lipinski definition) is 7. The van der Waals surface area contributed by atoms with Crippen LogP contribution < -0.4 is 11.5 Å². The number of hydrogen-bond donors (Lipinski definition) is 3. The molecule has 2 atom stereocenters. The van der Waals surface area contributed by atoms with Crippen molar-refractivity contribution in [2.24, 2.45) is 11.5 Å². The molecule has 0 heterocycles. The van der Waals surface area contributed by atoms with Gasteiger partial charge in [-0.05, 0) is 12.8 Å². The zero-order chi connectivity index (χ0) is 16.0. The second-order valence-electron chi connectivity index (χ2n) is 5.25. The van der Waals surface area contributed by atoms with Crippen LogP contribution >= 0.6 is 11.8 Å². The minimum atomic E-state index is -1.89. The topological polar surface area (TPSA) is 133 Å². The summed E-state index contributed by atoms with van der Waals surface area (Å²) in [6, 6.07) is -1.32. The first-order chi connectivity index (χ1) is 9.81. The number of nitrogens with two attached hydrogens (primary N) is 2. The summed E-state index contributed by atoms with van der Waals surface area (Å²) in [6.45, 7) is 0. The highest BCUT2D eigenvalue weighted by atomic mass is 32.2. The molecule has 5 N–H and O–H groups in total. The molecule has 0 saturated heterocycles. The largest absolute Gasteiger partial charge is 0.481 e. The van der Waals surface area contributed by atoms with E-state index in [1.165, 1.54) is 11.8 Å². The maximum Gasteiger partial charge on any atom is 0.334 e. The fraction of sp³-hybridized carbons (Fsp3) is 0.769. The van der Waals surface area contributed by atoms with Crippen molar-refractivity contribution < 1.29 is 24.2 Å². The standard InChI is InChI=1S/C13H22N2O5S/c1-20-12(19)13(15,7-21-8-4-2-3-5-8)11(18)9(14)6-10(16)17/h8-9H,2-7,14-15H2,1H3,(H,16,17)/t9-,13+/m0/s1. The van der Waals surface area contributed by atoms with Gasteiger partial charge in [0.05, 0.1) is 19.6 Å². The maximum absolute atomic E-state index is 12.3. The molecule has 120 valence electrons. The number of carboxylic acids is 1. The summed E-state index contributed by atoms with van der Waals surface area (Å²) in [5.41, 5.74) is 9.59. The first-order valence-corrected chi connectivity index (χ1v) is 7.86. The average molecular weight is 318 g/mol. The van der Waals surface area contributed by atoms with E-state index in [4.69, 9.17) is 16.6 Å². The van der Waals surface area contributed by atoms with Crippen molar-refractivity contribution >= 4 is 29.5 Å². The molecule has 1 fully saturated rings. The van der Waals surface area contributed by atoms with Gasteiger partial charge in [0.1, 0.15) is 0 Å². The number of thioether (sulfide) groups is 1. The van der Waals surface area contributed by atoms with Gasteiger partial charge in [-0.15, -0.1) is 0 Å². The van der Waals surface area contributed by atoms with Gasteiger partial charge in [-0.25, -0.2) is 4.79 Å². The van der Waals surface area contributed by atoms with Crippen LogP contribution in [0, 0.1) is 0 Å². The molecular weight excluding hydrogens is 296 g/mol. The molecule has 7 nitrogen and oxygen atoms in total. The summed E-state index contributed by atoms with van der Waals surface area (Å²) in [5.74, 6) is -2.83. The Balaban J connectivity index is 2.78. The molecule has 0 aliphatic heterocycles. The maximum atomic E-state index is 12.3. The summed E-state index contributed by atoms with van der Waals surface area (Å²) in [5, 5.41) is 9.06. The van der Waals surface area contributed by atoms with Crippen LogP contribution in [0.1, 0.15) is 32.1 Å². The molecular formula is C13H22N2O5S. The molecule has 1 aliphatic carbocycles. The molecule has 0 amide bonds. The van der Waals surface area contributed by atoms with Gasteiger partial charge in [-0.3, -0.25) is 9.59 Å². The number of ether oxygens (including phenoxy) is 1. The number of methoxy groups -OCH3 is 1. The van der Waals surface area contributed by atoms with E-state index in [1.807, 2.05) is 0 Å². The number of carboxylic acid groups (broad SMARTS) is 1. The number of esters is 1. The first kappa shape index (κ1) is 17.9. The molecule has 0 spiro atoms. The Morgan fingerprint density at radius 3 is 2.43 bits per heavy atom. The molecule has 1 rings (SSSR count). The minimum absolute atomic E-state index is 0.0521. The molecule has 0 radical (unpaired) electrons. The molecule has 21 heavy (non-hydrogen) atoms. The van der Waals surface area contributed by atoms with Crippen molar-refractivity contribution in [3.63, 3.8) is 0 Å². The lowest BCUT2D eigenvalue weighted by molar-refractivity contribution is -0.151. The molecule has 0 unspecified atom stereocenters. The smallest absolute Gasteiger partial charge is 0.334 e. The molecule has 1 aliphatic rings. The van der Waals surface area contributed by atoms with E-state index in [0.717, 1.165) is 32.8 Å². The van der Waals surface area contributed by atoms with Gasteiger partial charge >= 0.3 is 11.9 Å². The highest BCUT2D eigenvalue weighted by molar-refractivity contribution is 8.00. The van der Waals surface area contributed by atoms with E-state index < -0.39 is 35.7 Å². The second kappa shape index (κ2) is 7.77.